The third-order valence-electron chi connectivity index (χ3n) is 3.08. The van der Waals surface area contributed by atoms with Gasteiger partial charge in [-0.05, 0) is 38.0 Å². The molecule has 1 fully saturated rings. The molecule has 1 aliphatic carbocycles. The van der Waals surface area contributed by atoms with Gasteiger partial charge in [0.2, 0.25) is 0 Å². The minimum atomic E-state index is -0.724. The molecule has 2 heteroatoms. The summed E-state index contributed by atoms with van der Waals surface area (Å²) < 4.78 is 0. The Bertz CT molecular complexity index is 265. The van der Waals surface area contributed by atoms with Crippen molar-refractivity contribution in [2.75, 3.05) is 0 Å². The molecular formula is C12H18O2. The van der Waals surface area contributed by atoms with E-state index in [-0.39, 0.29) is 12.3 Å². The van der Waals surface area contributed by atoms with Gasteiger partial charge in [-0.2, -0.15) is 0 Å². The van der Waals surface area contributed by atoms with Crippen LogP contribution in [0.2, 0.25) is 0 Å². The molecule has 0 spiro atoms. The van der Waals surface area contributed by atoms with E-state index in [1.165, 1.54) is 5.57 Å². The second-order valence-electron chi connectivity index (χ2n) is 4.27. The highest BCUT2D eigenvalue weighted by Gasteiger charge is 2.26. The molecule has 1 aliphatic rings. The van der Waals surface area contributed by atoms with Crippen molar-refractivity contribution in [2.45, 2.75) is 32.6 Å². The Morgan fingerprint density at radius 3 is 2.79 bits per heavy atom. The van der Waals surface area contributed by atoms with Crippen molar-refractivity contribution < 1.29 is 9.90 Å². The van der Waals surface area contributed by atoms with Crippen LogP contribution in [0.15, 0.2) is 24.3 Å². The highest BCUT2D eigenvalue weighted by atomic mass is 16.4. The van der Waals surface area contributed by atoms with Gasteiger partial charge in [0, 0.05) is 0 Å². The van der Waals surface area contributed by atoms with Crippen molar-refractivity contribution in [1.29, 1.82) is 0 Å². The molecular weight excluding hydrogens is 176 g/mol. The van der Waals surface area contributed by atoms with Crippen LogP contribution in [0.25, 0.3) is 0 Å². The van der Waals surface area contributed by atoms with E-state index in [0.29, 0.717) is 5.92 Å². The Hall–Kier alpha value is -1.05. The Labute approximate surface area is 85.3 Å². The number of carboxylic acids is 1. The van der Waals surface area contributed by atoms with Crippen LogP contribution in [-0.4, -0.2) is 11.1 Å². The highest BCUT2D eigenvalue weighted by Crippen LogP contribution is 2.37. The zero-order valence-corrected chi connectivity index (χ0v) is 8.75. The van der Waals surface area contributed by atoms with E-state index in [4.69, 9.17) is 5.11 Å². The van der Waals surface area contributed by atoms with Crippen molar-refractivity contribution in [1.82, 2.24) is 0 Å². The number of rotatable bonds is 3. The fraction of sp³-hybridized carbons (Fsp3) is 0.583. The standard InChI is InChI=1S/C12H18O2/c1-8(2)10-5-4-9(3)11(6-10)7-12(13)14/h10-11H,1,3-7H2,2H3,(H,13,14)/t10-,11?/m0/s1. The molecule has 78 valence electrons. The molecule has 0 heterocycles. The molecule has 0 aromatic carbocycles. The van der Waals surface area contributed by atoms with E-state index in [1.54, 1.807) is 0 Å². The molecule has 1 unspecified atom stereocenters. The van der Waals surface area contributed by atoms with Gasteiger partial charge in [0.1, 0.15) is 0 Å². The fourth-order valence-electron chi connectivity index (χ4n) is 2.08. The summed E-state index contributed by atoms with van der Waals surface area (Å²) in [5.74, 6) is -0.0775. The van der Waals surface area contributed by atoms with Crippen molar-refractivity contribution in [3.63, 3.8) is 0 Å². The summed E-state index contributed by atoms with van der Waals surface area (Å²) >= 11 is 0. The molecule has 2 atom stereocenters. The van der Waals surface area contributed by atoms with Gasteiger partial charge in [-0.1, -0.05) is 24.3 Å². The molecule has 0 bridgehead atoms. The van der Waals surface area contributed by atoms with E-state index < -0.39 is 5.97 Å². The zero-order chi connectivity index (χ0) is 10.7. The summed E-state index contributed by atoms with van der Waals surface area (Å²) in [7, 11) is 0. The van der Waals surface area contributed by atoms with Crippen LogP contribution >= 0.6 is 0 Å². The maximum atomic E-state index is 10.6. The summed E-state index contributed by atoms with van der Waals surface area (Å²) in [6.45, 7) is 9.91. The second-order valence-corrected chi connectivity index (χ2v) is 4.27. The fourth-order valence-corrected chi connectivity index (χ4v) is 2.08. The monoisotopic (exact) mass is 194 g/mol. The molecule has 2 nitrogen and oxygen atoms in total. The lowest BCUT2D eigenvalue weighted by molar-refractivity contribution is -0.138. The molecule has 0 aromatic heterocycles. The van der Waals surface area contributed by atoms with Crippen LogP contribution < -0.4 is 0 Å². The third-order valence-corrected chi connectivity index (χ3v) is 3.08. The van der Waals surface area contributed by atoms with Gasteiger partial charge in [-0.3, -0.25) is 4.79 Å². The number of carbonyl (C=O) groups is 1. The number of allylic oxidation sites excluding steroid dienone is 2. The first-order valence-electron chi connectivity index (χ1n) is 5.05. The first kappa shape index (κ1) is 11.0. The highest BCUT2D eigenvalue weighted by molar-refractivity contribution is 5.67. The van der Waals surface area contributed by atoms with Crippen LogP contribution in [0.5, 0.6) is 0 Å². The van der Waals surface area contributed by atoms with Gasteiger partial charge in [-0.15, -0.1) is 0 Å². The minimum absolute atomic E-state index is 0.156. The first-order chi connectivity index (χ1) is 6.50. The Morgan fingerprint density at radius 1 is 1.64 bits per heavy atom. The molecule has 0 saturated heterocycles. The second kappa shape index (κ2) is 4.45. The number of aliphatic carboxylic acids is 1. The first-order valence-corrected chi connectivity index (χ1v) is 5.05. The van der Waals surface area contributed by atoms with Gasteiger partial charge >= 0.3 is 5.97 Å². The van der Waals surface area contributed by atoms with Crippen LogP contribution in [0.3, 0.4) is 0 Å². The molecule has 0 aliphatic heterocycles. The molecule has 1 saturated carbocycles. The van der Waals surface area contributed by atoms with Crippen molar-refractivity contribution in [3.8, 4) is 0 Å². The van der Waals surface area contributed by atoms with Crippen molar-refractivity contribution in [3.05, 3.63) is 24.3 Å². The average Bonchev–Trinajstić information content (AvgIpc) is 2.07. The van der Waals surface area contributed by atoms with E-state index in [0.717, 1.165) is 24.8 Å². The predicted molar refractivity (Wildman–Crippen MR) is 57.0 cm³/mol. The van der Waals surface area contributed by atoms with E-state index in [9.17, 15) is 4.79 Å². The predicted octanol–water partition coefficient (Wildman–Crippen LogP) is 3.01. The van der Waals surface area contributed by atoms with E-state index in [1.807, 2.05) is 6.92 Å². The lowest BCUT2D eigenvalue weighted by atomic mass is 9.75. The lowest BCUT2D eigenvalue weighted by Crippen LogP contribution is -2.20. The molecule has 14 heavy (non-hydrogen) atoms. The summed E-state index contributed by atoms with van der Waals surface area (Å²) in [5, 5.41) is 8.74. The molecule has 1 N–H and O–H groups in total. The van der Waals surface area contributed by atoms with Gasteiger partial charge in [0.15, 0.2) is 0 Å². The third kappa shape index (κ3) is 2.72. The van der Waals surface area contributed by atoms with Gasteiger partial charge in [-0.25, -0.2) is 0 Å². The molecule has 1 rings (SSSR count). The van der Waals surface area contributed by atoms with Crippen molar-refractivity contribution >= 4 is 5.97 Å². The quantitative estimate of drug-likeness (QED) is 0.701. The summed E-state index contributed by atoms with van der Waals surface area (Å²) in [5.41, 5.74) is 2.28. The smallest absolute Gasteiger partial charge is 0.303 e. The number of hydrogen-bond donors (Lipinski definition) is 1. The maximum absolute atomic E-state index is 10.6. The number of carboxylic acid groups (broad SMARTS) is 1. The van der Waals surface area contributed by atoms with Crippen LogP contribution in [0, 0.1) is 11.8 Å². The SMILES string of the molecule is C=C1CC[C@H](C(=C)C)CC1CC(=O)O. The summed E-state index contributed by atoms with van der Waals surface area (Å²) in [4.78, 5) is 10.6. The van der Waals surface area contributed by atoms with Gasteiger partial charge in [0.05, 0.1) is 6.42 Å². The molecule has 0 amide bonds. The van der Waals surface area contributed by atoms with E-state index in [2.05, 4.69) is 13.2 Å². The minimum Gasteiger partial charge on any atom is -0.481 e. The maximum Gasteiger partial charge on any atom is 0.303 e. The van der Waals surface area contributed by atoms with Crippen LogP contribution in [-0.2, 0) is 4.79 Å². The Balaban J connectivity index is 2.59. The molecule has 0 aromatic rings. The number of hydrogen-bond acceptors (Lipinski definition) is 1. The van der Waals surface area contributed by atoms with Crippen LogP contribution in [0.4, 0.5) is 0 Å². The lowest BCUT2D eigenvalue weighted by Gasteiger charge is -2.30. The summed E-state index contributed by atoms with van der Waals surface area (Å²) in [6, 6.07) is 0. The van der Waals surface area contributed by atoms with Gasteiger partial charge in [0.25, 0.3) is 0 Å². The normalized spacial score (nSPS) is 27.4. The van der Waals surface area contributed by atoms with Crippen molar-refractivity contribution in [2.24, 2.45) is 11.8 Å². The van der Waals surface area contributed by atoms with E-state index >= 15 is 0 Å². The Kier molecular flexibility index (Phi) is 3.50. The zero-order valence-electron chi connectivity index (χ0n) is 8.75. The van der Waals surface area contributed by atoms with Crippen LogP contribution in [0.1, 0.15) is 32.6 Å². The molecule has 0 radical (unpaired) electrons. The topological polar surface area (TPSA) is 37.3 Å². The largest absolute Gasteiger partial charge is 0.481 e. The Morgan fingerprint density at radius 2 is 2.29 bits per heavy atom. The average molecular weight is 194 g/mol. The summed E-state index contributed by atoms with van der Waals surface area (Å²) in [6.07, 6.45) is 3.18. The van der Waals surface area contributed by atoms with Gasteiger partial charge < -0.3 is 5.11 Å².